The molecule has 16 heavy (non-hydrogen) atoms. The third kappa shape index (κ3) is 4.54. The summed E-state index contributed by atoms with van der Waals surface area (Å²) in [6.45, 7) is 2.25. The molecule has 1 amide bonds. The van der Waals surface area contributed by atoms with Crippen LogP contribution in [0.4, 0.5) is 0 Å². The highest BCUT2D eigenvalue weighted by Crippen LogP contribution is 2.49. The highest BCUT2D eigenvalue weighted by Gasteiger charge is 2.47. The van der Waals surface area contributed by atoms with Gasteiger partial charge in [0, 0.05) is 5.41 Å². The molecule has 2 heteroatoms. The SMILES string of the molecule is CCCCCCCCCCC1(C(N)=O)CC1. The van der Waals surface area contributed by atoms with E-state index in [1.165, 1.54) is 51.4 Å². The average Bonchev–Trinajstić information content (AvgIpc) is 3.03. The number of hydrogen-bond donors (Lipinski definition) is 1. The second-order valence-electron chi connectivity index (χ2n) is 5.37. The van der Waals surface area contributed by atoms with Crippen molar-refractivity contribution in [3.8, 4) is 0 Å². The first-order chi connectivity index (χ1) is 7.71. The maximum Gasteiger partial charge on any atom is 0.223 e. The van der Waals surface area contributed by atoms with Crippen LogP contribution in [0, 0.1) is 5.41 Å². The molecule has 0 bridgehead atoms. The van der Waals surface area contributed by atoms with Crippen LogP contribution in [0.25, 0.3) is 0 Å². The molecule has 0 aliphatic heterocycles. The van der Waals surface area contributed by atoms with Crippen molar-refractivity contribution in [2.75, 3.05) is 0 Å². The zero-order chi connectivity index (χ0) is 11.9. The summed E-state index contributed by atoms with van der Waals surface area (Å²) in [5.41, 5.74) is 5.32. The van der Waals surface area contributed by atoms with Crippen LogP contribution in [-0.4, -0.2) is 5.91 Å². The van der Waals surface area contributed by atoms with Gasteiger partial charge < -0.3 is 5.73 Å². The molecular formula is C14H27NO. The summed E-state index contributed by atoms with van der Waals surface area (Å²) in [5, 5.41) is 0. The van der Waals surface area contributed by atoms with Crippen molar-refractivity contribution in [2.45, 2.75) is 77.6 Å². The van der Waals surface area contributed by atoms with Gasteiger partial charge in [0.15, 0.2) is 0 Å². The second-order valence-corrected chi connectivity index (χ2v) is 5.37. The van der Waals surface area contributed by atoms with Gasteiger partial charge in [-0.3, -0.25) is 4.79 Å². The molecule has 1 aliphatic rings. The molecule has 1 rings (SSSR count). The van der Waals surface area contributed by atoms with Crippen LogP contribution in [0.1, 0.15) is 77.6 Å². The van der Waals surface area contributed by atoms with Crippen LogP contribution < -0.4 is 5.73 Å². The van der Waals surface area contributed by atoms with Crippen LogP contribution in [0.15, 0.2) is 0 Å². The number of amides is 1. The fourth-order valence-electron chi connectivity index (χ4n) is 2.37. The Morgan fingerprint density at radius 1 is 1.00 bits per heavy atom. The summed E-state index contributed by atoms with van der Waals surface area (Å²) in [7, 11) is 0. The molecule has 1 fully saturated rings. The summed E-state index contributed by atoms with van der Waals surface area (Å²) in [6.07, 6.45) is 13.8. The lowest BCUT2D eigenvalue weighted by Gasteiger charge is -2.09. The fourth-order valence-corrected chi connectivity index (χ4v) is 2.37. The lowest BCUT2D eigenvalue weighted by Crippen LogP contribution is -2.24. The van der Waals surface area contributed by atoms with Gasteiger partial charge in [-0.15, -0.1) is 0 Å². The van der Waals surface area contributed by atoms with Crippen LogP contribution in [-0.2, 0) is 4.79 Å². The molecule has 0 heterocycles. The highest BCUT2D eigenvalue weighted by atomic mass is 16.1. The zero-order valence-electron chi connectivity index (χ0n) is 10.8. The Hall–Kier alpha value is -0.530. The van der Waals surface area contributed by atoms with Gasteiger partial charge in [0.25, 0.3) is 0 Å². The van der Waals surface area contributed by atoms with Gasteiger partial charge >= 0.3 is 0 Å². The summed E-state index contributed by atoms with van der Waals surface area (Å²) < 4.78 is 0. The highest BCUT2D eigenvalue weighted by molar-refractivity contribution is 5.83. The lowest BCUT2D eigenvalue weighted by molar-refractivity contribution is -0.123. The minimum absolute atomic E-state index is 0.0598. The van der Waals surface area contributed by atoms with E-state index in [1.54, 1.807) is 0 Å². The number of carbonyl (C=O) groups excluding carboxylic acids is 1. The van der Waals surface area contributed by atoms with Gasteiger partial charge in [-0.25, -0.2) is 0 Å². The average molecular weight is 225 g/mol. The van der Waals surface area contributed by atoms with Gasteiger partial charge in [0.1, 0.15) is 0 Å². The summed E-state index contributed by atoms with van der Waals surface area (Å²) >= 11 is 0. The molecular weight excluding hydrogens is 198 g/mol. The molecule has 0 spiro atoms. The summed E-state index contributed by atoms with van der Waals surface area (Å²) in [5.74, 6) is -0.0598. The normalized spacial score (nSPS) is 17.3. The van der Waals surface area contributed by atoms with E-state index < -0.39 is 0 Å². The molecule has 0 aromatic heterocycles. The van der Waals surface area contributed by atoms with Gasteiger partial charge in [0.05, 0.1) is 0 Å². The van der Waals surface area contributed by atoms with Gasteiger partial charge in [-0.1, -0.05) is 58.3 Å². The monoisotopic (exact) mass is 225 g/mol. The smallest absolute Gasteiger partial charge is 0.223 e. The number of carbonyl (C=O) groups is 1. The largest absolute Gasteiger partial charge is 0.369 e. The van der Waals surface area contributed by atoms with E-state index in [9.17, 15) is 4.79 Å². The first kappa shape index (κ1) is 13.5. The van der Waals surface area contributed by atoms with Crippen molar-refractivity contribution in [3.05, 3.63) is 0 Å². The number of primary amides is 1. The minimum Gasteiger partial charge on any atom is -0.369 e. The zero-order valence-corrected chi connectivity index (χ0v) is 10.8. The van der Waals surface area contributed by atoms with E-state index in [4.69, 9.17) is 5.73 Å². The molecule has 1 saturated carbocycles. The molecule has 0 aromatic carbocycles. The van der Waals surface area contributed by atoms with E-state index in [0.717, 1.165) is 19.3 Å². The van der Waals surface area contributed by atoms with Crippen molar-refractivity contribution >= 4 is 5.91 Å². The molecule has 0 unspecified atom stereocenters. The van der Waals surface area contributed by atoms with Crippen molar-refractivity contribution in [3.63, 3.8) is 0 Å². The van der Waals surface area contributed by atoms with Crippen molar-refractivity contribution in [2.24, 2.45) is 11.1 Å². The van der Waals surface area contributed by atoms with Crippen LogP contribution in [0.3, 0.4) is 0 Å². The van der Waals surface area contributed by atoms with Crippen molar-refractivity contribution in [1.82, 2.24) is 0 Å². The standard InChI is InChI=1S/C14H27NO/c1-2-3-4-5-6-7-8-9-10-14(11-12-14)13(15)16/h2-12H2,1H3,(H2,15,16). The molecule has 0 saturated heterocycles. The maximum absolute atomic E-state index is 11.1. The Kier molecular flexibility index (Phi) is 5.86. The third-order valence-corrected chi connectivity index (χ3v) is 3.89. The fraction of sp³-hybridized carbons (Fsp3) is 0.929. The predicted octanol–water partition coefficient (Wildman–Crippen LogP) is 3.78. The molecule has 0 atom stereocenters. The summed E-state index contributed by atoms with van der Waals surface area (Å²) in [6, 6.07) is 0. The van der Waals surface area contributed by atoms with E-state index in [-0.39, 0.29) is 11.3 Å². The number of unbranched alkanes of at least 4 members (excludes halogenated alkanes) is 7. The first-order valence-corrected chi connectivity index (χ1v) is 7.01. The van der Waals surface area contributed by atoms with Crippen LogP contribution in [0.2, 0.25) is 0 Å². The summed E-state index contributed by atoms with van der Waals surface area (Å²) in [4.78, 5) is 11.1. The predicted molar refractivity (Wildman–Crippen MR) is 68.1 cm³/mol. The first-order valence-electron chi connectivity index (χ1n) is 7.01. The van der Waals surface area contributed by atoms with Crippen LogP contribution in [0.5, 0.6) is 0 Å². The Bertz CT molecular complexity index is 209. The molecule has 0 aromatic rings. The van der Waals surface area contributed by atoms with Crippen LogP contribution >= 0.6 is 0 Å². The number of hydrogen-bond acceptors (Lipinski definition) is 1. The Balaban J connectivity index is 1.87. The molecule has 0 radical (unpaired) electrons. The van der Waals surface area contributed by atoms with E-state index in [0.29, 0.717) is 0 Å². The topological polar surface area (TPSA) is 43.1 Å². The number of rotatable bonds is 10. The van der Waals surface area contributed by atoms with E-state index in [1.807, 2.05) is 0 Å². The molecule has 1 aliphatic carbocycles. The van der Waals surface area contributed by atoms with Crippen molar-refractivity contribution < 1.29 is 4.79 Å². The van der Waals surface area contributed by atoms with Gasteiger partial charge in [-0.05, 0) is 19.3 Å². The maximum atomic E-state index is 11.1. The Morgan fingerprint density at radius 2 is 1.50 bits per heavy atom. The van der Waals surface area contributed by atoms with E-state index >= 15 is 0 Å². The quantitative estimate of drug-likeness (QED) is 0.565. The second kappa shape index (κ2) is 6.93. The van der Waals surface area contributed by atoms with Gasteiger partial charge in [-0.2, -0.15) is 0 Å². The van der Waals surface area contributed by atoms with Gasteiger partial charge in [0.2, 0.25) is 5.91 Å². The Morgan fingerprint density at radius 3 is 1.94 bits per heavy atom. The minimum atomic E-state index is -0.0673. The molecule has 2 N–H and O–H groups in total. The third-order valence-electron chi connectivity index (χ3n) is 3.89. The van der Waals surface area contributed by atoms with Crippen molar-refractivity contribution in [1.29, 1.82) is 0 Å². The number of nitrogens with two attached hydrogens (primary N) is 1. The lowest BCUT2D eigenvalue weighted by atomic mass is 9.97. The molecule has 94 valence electrons. The Labute approximate surface area is 100.0 Å². The molecule has 2 nitrogen and oxygen atoms in total. The van der Waals surface area contributed by atoms with E-state index in [2.05, 4.69) is 6.92 Å².